The third-order valence-corrected chi connectivity index (χ3v) is 3.44. The van der Waals surface area contributed by atoms with Crippen molar-refractivity contribution in [3.63, 3.8) is 0 Å². The Morgan fingerprint density at radius 2 is 1.80 bits per heavy atom. The van der Waals surface area contributed by atoms with Gasteiger partial charge in [0, 0.05) is 12.1 Å². The van der Waals surface area contributed by atoms with E-state index in [0.717, 1.165) is 6.92 Å². The van der Waals surface area contributed by atoms with Gasteiger partial charge >= 0.3 is 5.63 Å². The van der Waals surface area contributed by atoms with Gasteiger partial charge in [0.2, 0.25) is 0 Å². The molecule has 1 aromatic heterocycles. The summed E-state index contributed by atoms with van der Waals surface area (Å²) in [4.78, 5) is 37.5. The summed E-state index contributed by atoms with van der Waals surface area (Å²) in [5.41, 5.74) is -1.20. The first-order chi connectivity index (χ1) is 11.7. The zero-order chi connectivity index (χ0) is 18.7. The minimum atomic E-state index is -1.04. The molecule has 2 rings (SSSR count). The molecule has 0 aliphatic carbocycles. The fourth-order valence-electron chi connectivity index (χ4n) is 2.16. The zero-order valence-corrected chi connectivity index (χ0v) is 13.3. The van der Waals surface area contributed by atoms with E-state index in [1.807, 2.05) is 0 Å². The number of nitro groups is 1. The van der Waals surface area contributed by atoms with Crippen molar-refractivity contribution >= 4 is 17.2 Å². The van der Waals surface area contributed by atoms with Crippen molar-refractivity contribution in [2.45, 2.75) is 20.4 Å². The highest BCUT2D eigenvalue weighted by molar-refractivity contribution is 6.06. The minimum absolute atomic E-state index is 0.0626. The lowest BCUT2D eigenvalue weighted by Gasteiger charge is -2.07. The van der Waals surface area contributed by atoms with Crippen molar-refractivity contribution in [3.05, 3.63) is 61.5 Å². The van der Waals surface area contributed by atoms with E-state index in [1.165, 1.54) is 31.2 Å². The summed E-state index contributed by atoms with van der Waals surface area (Å²) >= 11 is 0. The van der Waals surface area contributed by atoms with Crippen LogP contribution in [0.2, 0.25) is 0 Å². The third kappa shape index (κ3) is 3.71. The summed E-state index contributed by atoms with van der Waals surface area (Å²) in [5.74, 6) is -2.34. The largest absolute Gasteiger partial charge is 0.506 e. The molecule has 0 bridgehead atoms. The van der Waals surface area contributed by atoms with E-state index in [4.69, 9.17) is 0 Å². The van der Waals surface area contributed by atoms with Crippen LogP contribution < -0.4 is 5.63 Å². The van der Waals surface area contributed by atoms with Gasteiger partial charge in [-0.25, -0.2) is 4.79 Å². The molecule has 130 valence electrons. The van der Waals surface area contributed by atoms with Crippen LogP contribution in [0.15, 0.2) is 38.5 Å². The van der Waals surface area contributed by atoms with Crippen molar-refractivity contribution in [2.24, 2.45) is 4.99 Å². The summed E-state index contributed by atoms with van der Waals surface area (Å²) in [5, 5.41) is 30.2. The molecule has 1 aromatic carbocycles. The van der Waals surface area contributed by atoms with E-state index in [1.54, 1.807) is 0 Å². The van der Waals surface area contributed by atoms with Crippen LogP contribution in [0.25, 0.3) is 0 Å². The zero-order valence-electron chi connectivity index (χ0n) is 13.3. The van der Waals surface area contributed by atoms with E-state index in [9.17, 15) is 29.9 Å². The summed E-state index contributed by atoms with van der Waals surface area (Å²) in [7, 11) is 0. The van der Waals surface area contributed by atoms with Crippen LogP contribution in [0, 0.1) is 10.1 Å². The molecule has 0 aliphatic rings. The average Bonchev–Trinajstić information content (AvgIpc) is 2.52. The van der Waals surface area contributed by atoms with Gasteiger partial charge < -0.3 is 14.6 Å². The van der Waals surface area contributed by atoms with Crippen LogP contribution in [-0.4, -0.2) is 26.6 Å². The van der Waals surface area contributed by atoms with Gasteiger partial charge in [-0.05, 0) is 19.4 Å². The van der Waals surface area contributed by atoms with Crippen LogP contribution in [0.1, 0.15) is 35.3 Å². The lowest BCUT2D eigenvalue weighted by molar-refractivity contribution is -0.384. The number of carbonyl (C=O) groups is 1. The van der Waals surface area contributed by atoms with Crippen LogP contribution in [0.5, 0.6) is 11.7 Å². The number of non-ortho nitro benzene ring substituents is 1. The predicted octanol–water partition coefficient (Wildman–Crippen LogP) is 2.17. The number of carbonyl (C=O) groups excluding carboxylic acids is 1. The lowest BCUT2D eigenvalue weighted by atomic mass is 10.1. The molecule has 9 nitrogen and oxygen atoms in total. The van der Waals surface area contributed by atoms with Crippen LogP contribution in [0.4, 0.5) is 5.69 Å². The average molecular weight is 346 g/mol. The highest BCUT2D eigenvalue weighted by Gasteiger charge is 2.23. The first-order valence-electron chi connectivity index (χ1n) is 7.07. The smallest absolute Gasteiger partial charge is 0.351 e. The fourth-order valence-corrected chi connectivity index (χ4v) is 2.16. The van der Waals surface area contributed by atoms with E-state index >= 15 is 0 Å². The lowest BCUT2D eigenvalue weighted by Crippen LogP contribution is -2.15. The molecule has 0 amide bonds. The fraction of sp³-hybridized carbons (Fsp3) is 0.188. The molecule has 9 heteroatoms. The maximum absolute atomic E-state index is 11.9. The molecule has 0 saturated carbocycles. The number of aliphatic imine (C=N–C) groups is 1. The number of ketones is 1. The van der Waals surface area contributed by atoms with Crippen LogP contribution >= 0.6 is 0 Å². The molecule has 2 N–H and O–H groups in total. The predicted molar refractivity (Wildman–Crippen MR) is 87.3 cm³/mol. The highest BCUT2D eigenvalue weighted by Crippen LogP contribution is 2.28. The number of nitrogens with zero attached hydrogens (tertiary/aromatic N) is 2. The molecular weight excluding hydrogens is 332 g/mol. The highest BCUT2D eigenvalue weighted by atomic mass is 16.6. The van der Waals surface area contributed by atoms with Gasteiger partial charge in [0.1, 0.15) is 16.9 Å². The number of Topliss-reactive ketones (excluding diaryl/α,β-unsaturated/α-hetero) is 1. The van der Waals surface area contributed by atoms with Crippen LogP contribution in [-0.2, 0) is 6.54 Å². The Bertz CT molecular complexity index is 927. The van der Waals surface area contributed by atoms with Gasteiger partial charge in [0.05, 0.1) is 17.2 Å². The Morgan fingerprint density at radius 3 is 2.32 bits per heavy atom. The summed E-state index contributed by atoms with van der Waals surface area (Å²) in [6.45, 7) is 2.61. The summed E-state index contributed by atoms with van der Waals surface area (Å²) < 4.78 is 4.56. The normalized spacial score (nSPS) is 11.4. The molecule has 0 saturated heterocycles. The minimum Gasteiger partial charge on any atom is -0.506 e. The number of hydrogen-bond acceptors (Lipinski definition) is 8. The van der Waals surface area contributed by atoms with Gasteiger partial charge in [-0.3, -0.25) is 19.9 Å². The molecule has 25 heavy (non-hydrogen) atoms. The van der Waals surface area contributed by atoms with Gasteiger partial charge in [-0.15, -0.1) is 0 Å². The van der Waals surface area contributed by atoms with E-state index in [-0.39, 0.29) is 23.5 Å². The van der Waals surface area contributed by atoms with Crippen molar-refractivity contribution in [1.82, 2.24) is 0 Å². The second-order valence-corrected chi connectivity index (χ2v) is 5.17. The van der Waals surface area contributed by atoms with Gasteiger partial charge in [0.25, 0.3) is 11.6 Å². The molecule has 0 aliphatic heterocycles. The Kier molecular flexibility index (Phi) is 4.97. The summed E-state index contributed by atoms with van der Waals surface area (Å²) in [6.07, 6.45) is 0. The number of nitro benzene ring substituents is 1. The Labute approximate surface area is 141 Å². The molecule has 0 unspecified atom stereocenters. The molecule has 2 aromatic rings. The Balaban J connectivity index is 2.37. The molecule has 0 atom stereocenters. The molecule has 1 heterocycles. The van der Waals surface area contributed by atoms with Crippen LogP contribution in [0.3, 0.4) is 0 Å². The van der Waals surface area contributed by atoms with Gasteiger partial charge in [-0.2, -0.15) is 0 Å². The third-order valence-electron chi connectivity index (χ3n) is 3.44. The van der Waals surface area contributed by atoms with Gasteiger partial charge in [-0.1, -0.05) is 12.1 Å². The van der Waals surface area contributed by atoms with Crippen molar-refractivity contribution in [3.8, 4) is 11.7 Å². The first-order valence-corrected chi connectivity index (χ1v) is 7.07. The second-order valence-electron chi connectivity index (χ2n) is 5.17. The standard InChI is InChI=1S/C16H14N2O7/c1-8(17-7-10-3-5-11(6-4-10)18(23)24)12-14(20)13(9(2)19)16(22)25-15(12)21/h3-6,20,22H,7H2,1-2H3. The Morgan fingerprint density at radius 1 is 1.20 bits per heavy atom. The molecule has 0 radical (unpaired) electrons. The van der Waals surface area contributed by atoms with Crippen molar-refractivity contribution < 1.29 is 24.3 Å². The molecular formula is C16H14N2O7. The summed E-state index contributed by atoms with van der Waals surface area (Å²) in [6, 6.07) is 5.66. The van der Waals surface area contributed by atoms with Gasteiger partial charge in [0.15, 0.2) is 5.78 Å². The number of rotatable bonds is 5. The van der Waals surface area contributed by atoms with Crippen molar-refractivity contribution in [1.29, 1.82) is 0 Å². The molecule has 0 fully saturated rings. The maximum Gasteiger partial charge on any atom is 0.351 e. The van der Waals surface area contributed by atoms with Crippen molar-refractivity contribution in [2.75, 3.05) is 0 Å². The van der Waals surface area contributed by atoms with E-state index in [0.29, 0.717) is 5.56 Å². The second kappa shape index (κ2) is 6.95. The number of hydrogen-bond donors (Lipinski definition) is 2. The van der Waals surface area contributed by atoms with E-state index in [2.05, 4.69) is 9.41 Å². The number of benzene rings is 1. The quantitative estimate of drug-likeness (QED) is 0.365. The Hall–Kier alpha value is -3.49. The first kappa shape index (κ1) is 17.9. The van der Waals surface area contributed by atoms with E-state index < -0.39 is 33.6 Å². The maximum atomic E-state index is 11.9. The SMILES string of the molecule is CC(=O)c1c(O)oc(=O)c(C(C)=NCc2ccc([N+](=O)[O-])cc2)c1O. The topological polar surface area (TPSA) is 143 Å². The molecule has 0 spiro atoms. The number of aromatic hydroxyl groups is 2. The monoisotopic (exact) mass is 346 g/mol.